The lowest BCUT2D eigenvalue weighted by atomic mass is 10.2. The van der Waals surface area contributed by atoms with Gasteiger partial charge in [-0.1, -0.05) is 18.2 Å². The molecule has 1 saturated heterocycles. The van der Waals surface area contributed by atoms with Gasteiger partial charge in [0.25, 0.3) is 5.91 Å². The van der Waals surface area contributed by atoms with Crippen LogP contribution in [0.15, 0.2) is 53.4 Å². The van der Waals surface area contributed by atoms with Crippen LogP contribution in [-0.4, -0.2) is 45.7 Å². The highest BCUT2D eigenvalue weighted by molar-refractivity contribution is 7.89. The molecular weight excluding hydrogens is 434 g/mol. The molecule has 1 amide bonds. The van der Waals surface area contributed by atoms with Crippen molar-refractivity contribution in [1.29, 1.82) is 5.26 Å². The highest BCUT2D eigenvalue weighted by Gasteiger charge is 2.23. The summed E-state index contributed by atoms with van der Waals surface area (Å²) in [5.41, 5.74) is 0.558. The average Bonchev–Trinajstić information content (AvgIpc) is 3.32. The molecule has 1 aliphatic rings. The first-order valence-electron chi connectivity index (χ1n) is 10.0. The van der Waals surface area contributed by atoms with Crippen LogP contribution in [-0.2, 0) is 24.3 Å². The topological polar surface area (TPSA) is 135 Å². The second-order valence-electron chi connectivity index (χ2n) is 7.21. The number of ether oxygens (including phenoxy) is 2. The number of nitrogens with zero attached hydrogens (tertiary/aromatic N) is 1. The Morgan fingerprint density at radius 2 is 2.03 bits per heavy atom. The first kappa shape index (κ1) is 23.4. The van der Waals surface area contributed by atoms with Gasteiger partial charge in [-0.25, -0.2) is 17.9 Å². The van der Waals surface area contributed by atoms with Gasteiger partial charge < -0.3 is 14.8 Å². The summed E-state index contributed by atoms with van der Waals surface area (Å²) in [4.78, 5) is 24.8. The van der Waals surface area contributed by atoms with E-state index in [1.807, 2.05) is 6.07 Å². The zero-order valence-electron chi connectivity index (χ0n) is 17.4. The van der Waals surface area contributed by atoms with Crippen molar-refractivity contribution in [2.24, 2.45) is 0 Å². The molecule has 32 heavy (non-hydrogen) atoms. The molecule has 2 aromatic rings. The van der Waals surface area contributed by atoms with Gasteiger partial charge >= 0.3 is 5.97 Å². The maximum atomic E-state index is 12.5. The van der Waals surface area contributed by atoms with Crippen LogP contribution in [0.4, 0.5) is 5.69 Å². The van der Waals surface area contributed by atoms with Crippen molar-refractivity contribution in [3.05, 3.63) is 59.7 Å². The normalized spacial score (nSPS) is 16.7. The summed E-state index contributed by atoms with van der Waals surface area (Å²) < 4.78 is 38.2. The number of carbonyl (C=O) groups is 2. The molecule has 1 aliphatic heterocycles. The van der Waals surface area contributed by atoms with Gasteiger partial charge in [-0.3, -0.25) is 4.79 Å². The molecule has 0 unspecified atom stereocenters. The first-order valence-corrected chi connectivity index (χ1v) is 11.5. The minimum atomic E-state index is -3.84. The number of amides is 1. The molecule has 0 spiro atoms. The maximum absolute atomic E-state index is 12.5. The lowest BCUT2D eigenvalue weighted by molar-refractivity contribution is -0.123. The van der Waals surface area contributed by atoms with Crippen LogP contribution in [0.3, 0.4) is 0 Å². The van der Waals surface area contributed by atoms with E-state index >= 15 is 0 Å². The minimum absolute atomic E-state index is 0.0120. The second kappa shape index (κ2) is 10.4. The summed E-state index contributed by atoms with van der Waals surface area (Å²) in [5.74, 6) is -1.47. The number of hydrogen-bond acceptors (Lipinski definition) is 7. The third kappa shape index (κ3) is 5.91. The fraction of sp³-hybridized carbons (Fsp3) is 0.318. The van der Waals surface area contributed by atoms with Gasteiger partial charge in [0.05, 0.1) is 27.8 Å². The van der Waals surface area contributed by atoms with Crippen LogP contribution in [0.25, 0.3) is 0 Å². The zero-order valence-corrected chi connectivity index (χ0v) is 18.2. The van der Waals surface area contributed by atoms with Crippen molar-refractivity contribution in [3.63, 3.8) is 0 Å². The highest BCUT2D eigenvalue weighted by atomic mass is 32.2. The van der Waals surface area contributed by atoms with Crippen LogP contribution < -0.4 is 10.0 Å². The third-order valence-electron chi connectivity index (χ3n) is 4.86. The molecule has 2 N–H and O–H groups in total. The van der Waals surface area contributed by atoms with Crippen LogP contribution in [0.1, 0.15) is 35.7 Å². The molecule has 0 radical (unpaired) electrons. The van der Waals surface area contributed by atoms with Crippen molar-refractivity contribution in [3.8, 4) is 6.07 Å². The second-order valence-corrected chi connectivity index (χ2v) is 8.98. The zero-order chi connectivity index (χ0) is 23.1. The summed E-state index contributed by atoms with van der Waals surface area (Å²) in [7, 11) is -3.84. The van der Waals surface area contributed by atoms with Gasteiger partial charge in [0.15, 0.2) is 6.10 Å². The van der Waals surface area contributed by atoms with Crippen LogP contribution in [0, 0.1) is 11.3 Å². The molecule has 0 aromatic heterocycles. The van der Waals surface area contributed by atoms with E-state index in [1.165, 1.54) is 31.2 Å². The molecule has 168 valence electrons. The smallest absolute Gasteiger partial charge is 0.338 e. The molecule has 10 heteroatoms. The van der Waals surface area contributed by atoms with Gasteiger partial charge in [-0.05, 0) is 50.1 Å². The Labute approximate surface area is 186 Å². The Morgan fingerprint density at radius 1 is 1.25 bits per heavy atom. The molecule has 0 bridgehead atoms. The number of rotatable bonds is 8. The number of carbonyl (C=O) groups excluding carboxylic acids is 2. The summed E-state index contributed by atoms with van der Waals surface area (Å²) in [6.07, 6.45) is 0.338. The molecular formula is C22H23N3O6S. The monoisotopic (exact) mass is 457 g/mol. The van der Waals surface area contributed by atoms with Crippen molar-refractivity contribution in [2.45, 2.75) is 36.9 Å². The first-order chi connectivity index (χ1) is 15.3. The SMILES string of the molecule is C[C@H](OC(=O)c1cccc(S(=O)(=O)NC[C@@H]2CCCO2)c1)C(=O)Nc1ccccc1C#N. The highest BCUT2D eigenvalue weighted by Crippen LogP contribution is 2.17. The van der Waals surface area contributed by atoms with Crippen LogP contribution >= 0.6 is 0 Å². The van der Waals surface area contributed by atoms with Crippen molar-refractivity contribution in [2.75, 3.05) is 18.5 Å². The number of para-hydroxylation sites is 1. The van der Waals surface area contributed by atoms with Gasteiger partial charge in [0, 0.05) is 13.2 Å². The van der Waals surface area contributed by atoms with Crippen molar-refractivity contribution < 1.29 is 27.5 Å². The predicted octanol–water partition coefficient (Wildman–Crippen LogP) is 2.20. The standard InChI is InChI=1S/C22H23N3O6S/c1-15(21(26)25-20-10-3-2-6-17(20)13-23)31-22(27)16-7-4-9-19(12-16)32(28,29)24-14-18-8-5-11-30-18/h2-4,6-7,9-10,12,15,18,24H,5,8,11,14H2,1H3,(H,25,26)/t15-,18-/m0/s1. The molecule has 9 nitrogen and oxygen atoms in total. The van der Waals surface area contributed by atoms with E-state index in [2.05, 4.69) is 10.0 Å². The largest absolute Gasteiger partial charge is 0.449 e. The molecule has 0 aliphatic carbocycles. The van der Waals surface area contributed by atoms with E-state index in [9.17, 15) is 18.0 Å². The summed E-state index contributed by atoms with van der Waals surface area (Å²) in [5, 5.41) is 11.6. The van der Waals surface area contributed by atoms with Crippen molar-refractivity contribution >= 4 is 27.6 Å². The summed E-state index contributed by atoms with van der Waals surface area (Å²) in [6.45, 7) is 2.14. The Balaban J connectivity index is 1.63. The maximum Gasteiger partial charge on any atom is 0.338 e. The number of nitrogens with one attached hydrogen (secondary N) is 2. The predicted molar refractivity (Wildman–Crippen MR) is 115 cm³/mol. The lowest BCUT2D eigenvalue weighted by Gasteiger charge is -2.15. The number of hydrogen-bond donors (Lipinski definition) is 2. The molecule has 1 heterocycles. The van der Waals surface area contributed by atoms with Gasteiger partial charge in [-0.15, -0.1) is 0 Å². The van der Waals surface area contributed by atoms with E-state index in [0.717, 1.165) is 12.8 Å². The Hall–Kier alpha value is -3.26. The fourth-order valence-electron chi connectivity index (χ4n) is 3.09. The number of anilines is 1. The Kier molecular flexibility index (Phi) is 7.58. The number of esters is 1. The number of sulfonamides is 1. The molecule has 2 atom stereocenters. The average molecular weight is 458 g/mol. The molecule has 3 rings (SSSR count). The van der Waals surface area contributed by atoms with E-state index in [4.69, 9.17) is 14.7 Å². The molecule has 0 saturated carbocycles. The number of nitriles is 1. The van der Waals surface area contributed by atoms with E-state index in [0.29, 0.717) is 12.3 Å². The summed E-state index contributed by atoms with van der Waals surface area (Å²) in [6, 6.07) is 13.8. The van der Waals surface area contributed by atoms with Gasteiger partial charge in [0.2, 0.25) is 10.0 Å². The Bertz CT molecular complexity index is 1140. The molecule has 2 aromatic carbocycles. The summed E-state index contributed by atoms with van der Waals surface area (Å²) >= 11 is 0. The fourth-order valence-corrected chi connectivity index (χ4v) is 4.20. The van der Waals surface area contributed by atoms with Gasteiger partial charge in [0.1, 0.15) is 6.07 Å². The minimum Gasteiger partial charge on any atom is -0.449 e. The van der Waals surface area contributed by atoms with Gasteiger partial charge in [-0.2, -0.15) is 5.26 Å². The third-order valence-corrected chi connectivity index (χ3v) is 6.28. The van der Waals surface area contributed by atoms with E-state index in [-0.39, 0.29) is 28.7 Å². The van der Waals surface area contributed by atoms with Crippen LogP contribution in [0.5, 0.6) is 0 Å². The lowest BCUT2D eigenvalue weighted by Crippen LogP contribution is -2.32. The van der Waals surface area contributed by atoms with E-state index in [1.54, 1.807) is 24.3 Å². The van der Waals surface area contributed by atoms with Crippen molar-refractivity contribution in [1.82, 2.24) is 4.72 Å². The van der Waals surface area contributed by atoms with E-state index < -0.39 is 28.0 Å². The Morgan fingerprint density at radius 3 is 2.75 bits per heavy atom. The molecule has 1 fully saturated rings. The van der Waals surface area contributed by atoms with Crippen LogP contribution in [0.2, 0.25) is 0 Å². The number of benzene rings is 2. The quantitative estimate of drug-likeness (QED) is 0.580.